The monoisotopic (exact) mass is 284 g/mol. The van der Waals surface area contributed by atoms with E-state index in [9.17, 15) is 4.79 Å². The number of hydrogen-bond donors (Lipinski definition) is 2. The third-order valence-corrected chi connectivity index (χ3v) is 4.00. The molecule has 0 unspecified atom stereocenters. The molecule has 0 spiro atoms. The molecular formula is C15H32N4O. The van der Waals surface area contributed by atoms with Gasteiger partial charge in [-0.2, -0.15) is 0 Å². The zero-order valence-corrected chi connectivity index (χ0v) is 12.9. The molecule has 0 aliphatic carbocycles. The molecule has 5 heteroatoms. The van der Waals surface area contributed by atoms with E-state index in [1.54, 1.807) is 0 Å². The van der Waals surface area contributed by atoms with Crippen LogP contribution in [0.25, 0.3) is 0 Å². The molecule has 0 amide bonds. The molecule has 0 aromatic heterocycles. The predicted octanol–water partition coefficient (Wildman–Crippen LogP) is 0.431. The molecule has 5 nitrogen and oxygen atoms in total. The molecule has 0 radical (unpaired) electrons. The van der Waals surface area contributed by atoms with Crippen LogP contribution in [0.5, 0.6) is 0 Å². The standard InChI is InChI=1S/C8H18N2.C7H14N2O/c9-5-8-10-6-3-1-2-4-7-10;8-3-6-9-4-1-7(10)2-5-9/h1-9H2;1-6,8H2. The van der Waals surface area contributed by atoms with E-state index < -0.39 is 0 Å². The van der Waals surface area contributed by atoms with Crippen molar-refractivity contribution in [3.05, 3.63) is 0 Å². The van der Waals surface area contributed by atoms with Gasteiger partial charge in [0.2, 0.25) is 0 Å². The summed E-state index contributed by atoms with van der Waals surface area (Å²) in [7, 11) is 0. The van der Waals surface area contributed by atoms with E-state index in [-0.39, 0.29) is 0 Å². The molecule has 0 aromatic rings. The molecule has 2 rings (SSSR count). The minimum absolute atomic E-state index is 0.397. The third-order valence-electron chi connectivity index (χ3n) is 4.00. The van der Waals surface area contributed by atoms with E-state index in [0.29, 0.717) is 12.3 Å². The van der Waals surface area contributed by atoms with Crippen molar-refractivity contribution in [2.45, 2.75) is 38.5 Å². The Labute approximate surface area is 123 Å². The van der Waals surface area contributed by atoms with E-state index in [1.807, 2.05) is 0 Å². The van der Waals surface area contributed by atoms with E-state index >= 15 is 0 Å². The fourth-order valence-corrected chi connectivity index (χ4v) is 2.75. The van der Waals surface area contributed by atoms with Gasteiger partial charge in [0, 0.05) is 52.1 Å². The Morgan fingerprint density at radius 2 is 1.20 bits per heavy atom. The average Bonchev–Trinajstić information content (AvgIpc) is 2.72. The van der Waals surface area contributed by atoms with Crippen LogP contribution in [0.2, 0.25) is 0 Å². The summed E-state index contributed by atoms with van der Waals surface area (Å²) in [6.07, 6.45) is 7.03. The number of Topliss-reactive ketones (excluding diaryl/α,β-unsaturated/α-hetero) is 1. The molecule has 2 heterocycles. The fourth-order valence-electron chi connectivity index (χ4n) is 2.75. The van der Waals surface area contributed by atoms with Crippen molar-refractivity contribution < 1.29 is 4.79 Å². The Morgan fingerprint density at radius 3 is 1.65 bits per heavy atom. The smallest absolute Gasteiger partial charge is 0.135 e. The van der Waals surface area contributed by atoms with Gasteiger partial charge in [-0.15, -0.1) is 0 Å². The molecule has 0 aromatic carbocycles. The predicted molar refractivity (Wildman–Crippen MR) is 83.7 cm³/mol. The number of rotatable bonds is 4. The topological polar surface area (TPSA) is 75.6 Å². The fraction of sp³-hybridized carbons (Fsp3) is 0.933. The molecule has 20 heavy (non-hydrogen) atoms. The second kappa shape index (κ2) is 11.2. The van der Waals surface area contributed by atoms with E-state index in [2.05, 4.69) is 9.80 Å². The zero-order valence-electron chi connectivity index (χ0n) is 12.9. The SMILES string of the molecule is NCCN1CCC(=O)CC1.NCCN1CCCCCC1. The molecular weight excluding hydrogens is 252 g/mol. The van der Waals surface area contributed by atoms with Gasteiger partial charge in [-0.1, -0.05) is 12.8 Å². The van der Waals surface area contributed by atoms with Gasteiger partial charge in [0.1, 0.15) is 5.78 Å². The molecule has 0 bridgehead atoms. The van der Waals surface area contributed by atoms with Crippen LogP contribution in [0.4, 0.5) is 0 Å². The van der Waals surface area contributed by atoms with Crippen molar-refractivity contribution in [2.75, 3.05) is 52.4 Å². The minimum atomic E-state index is 0.397. The summed E-state index contributed by atoms with van der Waals surface area (Å²) in [6, 6.07) is 0. The summed E-state index contributed by atoms with van der Waals surface area (Å²) < 4.78 is 0. The molecule has 0 atom stereocenters. The van der Waals surface area contributed by atoms with Gasteiger partial charge in [-0.05, 0) is 25.9 Å². The Balaban J connectivity index is 0.000000200. The Bertz CT molecular complexity index is 242. The zero-order chi connectivity index (χ0) is 14.6. The lowest BCUT2D eigenvalue weighted by Crippen LogP contribution is -2.37. The number of piperidine rings is 1. The number of hydrogen-bond acceptors (Lipinski definition) is 5. The lowest BCUT2D eigenvalue weighted by molar-refractivity contribution is -0.121. The van der Waals surface area contributed by atoms with Gasteiger partial charge < -0.3 is 21.3 Å². The van der Waals surface area contributed by atoms with Crippen molar-refractivity contribution in [1.82, 2.24) is 9.80 Å². The largest absolute Gasteiger partial charge is 0.329 e. The maximum Gasteiger partial charge on any atom is 0.135 e. The van der Waals surface area contributed by atoms with E-state index in [4.69, 9.17) is 11.5 Å². The Hall–Kier alpha value is -0.490. The summed E-state index contributed by atoms with van der Waals surface area (Å²) in [5.41, 5.74) is 10.8. The van der Waals surface area contributed by atoms with Crippen LogP contribution in [0, 0.1) is 0 Å². The Kier molecular flexibility index (Phi) is 9.83. The quantitative estimate of drug-likeness (QED) is 0.783. The number of ketones is 1. The summed E-state index contributed by atoms with van der Waals surface area (Å²) in [5, 5.41) is 0. The van der Waals surface area contributed by atoms with Gasteiger partial charge >= 0.3 is 0 Å². The number of likely N-dealkylation sites (tertiary alicyclic amines) is 2. The average molecular weight is 284 g/mol. The summed E-state index contributed by atoms with van der Waals surface area (Å²) in [6.45, 7) is 7.93. The van der Waals surface area contributed by atoms with Gasteiger partial charge in [-0.3, -0.25) is 4.79 Å². The van der Waals surface area contributed by atoms with Gasteiger partial charge in [-0.25, -0.2) is 0 Å². The molecule has 118 valence electrons. The van der Waals surface area contributed by atoms with Crippen LogP contribution in [-0.4, -0.2) is 67.9 Å². The molecule has 2 saturated heterocycles. The maximum absolute atomic E-state index is 10.8. The number of carbonyl (C=O) groups is 1. The molecule has 2 aliphatic rings. The first-order chi connectivity index (χ1) is 9.76. The molecule has 0 saturated carbocycles. The molecule has 4 N–H and O–H groups in total. The van der Waals surface area contributed by atoms with Crippen molar-refractivity contribution in [2.24, 2.45) is 11.5 Å². The highest BCUT2D eigenvalue weighted by Gasteiger charge is 2.14. The second-order valence-corrected chi connectivity index (χ2v) is 5.71. The Morgan fingerprint density at radius 1 is 0.750 bits per heavy atom. The minimum Gasteiger partial charge on any atom is -0.329 e. The van der Waals surface area contributed by atoms with Gasteiger partial charge in [0.25, 0.3) is 0 Å². The first-order valence-corrected chi connectivity index (χ1v) is 8.13. The highest BCUT2D eigenvalue weighted by molar-refractivity contribution is 5.79. The maximum atomic E-state index is 10.8. The lowest BCUT2D eigenvalue weighted by Gasteiger charge is -2.24. The highest BCUT2D eigenvalue weighted by atomic mass is 16.1. The third kappa shape index (κ3) is 7.94. The summed E-state index contributed by atoms with van der Waals surface area (Å²) in [5.74, 6) is 0.397. The van der Waals surface area contributed by atoms with Crippen LogP contribution < -0.4 is 11.5 Å². The van der Waals surface area contributed by atoms with Crippen LogP contribution in [0.3, 0.4) is 0 Å². The van der Waals surface area contributed by atoms with E-state index in [0.717, 1.165) is 45.6 Å². The number of nitrogens with zero attached hydrogens (tertiary/aromatic N) is 2. The highest BCUT2D eigenvalue weighted by Crippen LogP contribution is 2.08. The summed E-state index contributed by atoms with van der Waals surface area (Å²) in [4.78, 5) is 15.5. The van der Waals surface area contributed by atoms with Crippen LogP contribution >= 0.6 is 0 Å². The summed E-state index contributed by atoms with van der Waals surface area (Å²) >= 11 is 0. The lowest BCUT2D eigenvalue weighted by atomic mass is 10.1. The van der Waals surface area contributed by atoms with Crippen LogP contribution in [-0.2, 0) is 4.79 Å². The van der Waals surface area contributed by atoms with Gasteiger partial charge in [0.05, 0.1) is 0 Å². The van der Waals surface area contributed by atoms with Crippen molar-refractivity contribution in [1.29, 1.82) is 0 Å². The van der Waals surface area contributed by atoms with E-state index in [1.165, 1.54) is 38.8 Å². The van der Waals surface area contributed by atoms with Crippen molar-refractivity contribution >= 4 is 5.78 Å². The first-order valence-electron chi connectivity index (χ1n) is 8.13. The van der Waals surface area contributed by atoms with Gasteiger partial charge in [0.15, 0.2) is 0 Å². The molecule has 2 fully saturated rings. The molecule has 2 aliphatic heterocycles. The van der Waals surface area contributed by atoms with Crippen molar-refractivity contribution in [3.8, 4) is 0 Å². The normalized spacial score (nSPS) is 22.0. The first kappa shape index (κ1) is 17.6. The van der Waals surface area contributed by atoms with Crippen LogP contribution in [0.15, 0.2) is 0 Å². The second-order valence-electron chi connectivity index (χ2n) is 5.71. The van der Waals surface area contributed by atoms with Crippen LogP contribution in [0.1, 0.15) is 38.5 Å². The number of carbonyl (C=O) groups excluding carboxylic acids is 1. The number of nitrogens with two attached hydrogens (primary N) is 2. The van der Waals surface area contributed by atoms with Crippen molar-refractivity contribution in [3.63, 3.8) is 0 Å².